The molecule has 0 saturated carbocycles. The number of nitrogens with zero attached hydrogens (tertiary/aromatic N) is 1. The topological polar surface area (TPSA) is 51.4 Å². The van der Waals surface area contributed by atoms with Crippen molar-refractivity contribution >= 4 is 22.9 Å². The molecule has 0 saturated heterocycles. The zero-order chi connectivity index (χ0) is 27.7. The van der Waals surface area contributed by atoms with E-state index in [0.29, 0.717) is 12.4 Å². The van der Waals surface area contributed by atoms with Crippen LogP contribution < -0.4 is 19.4 Å². The van der Waals surface area contributed by atoms with Gasteiger partial charge in [0, 0.05) is 5.69 Å². The Labute approximate surface area is 239 Å². The van der Waals surface area contributed by atoms with Crippen LogP contribution in [0.1, 0.15) is 89.5 Å². The Morgan fingerprint density at radius 2 is 1.49 bits per heavy atom. The van der Waals surface area contributed by atoms with Gasteiger partial charge in [-0.15, -0.1) is 0 Å². The van der Waals surface area contributed by atoms with E-state index in [0.717, 1.165) is 29.0 Å². The lowest BCUT2D eigenvalue weighted by molar-refractivity contribution is -0.655. The summed E-state index contributed by atoms with van der Waals surface area (Å²) in [6.45, 7) is 2.96. The molecule has 2 aromatic carbocycles. The lowest BCUT2D eigenvalue weighted by Gasteiger charge is -2.12. The summed E-state index contributed by atoms with van der Waals surface area (Å²) < 4.78 is 13.6. The third-order valence-corrected chi connectivity index (χ3v) is 8.05. The molecule has 6 heteroatoms. The Balaban J connectivity index is 1.33. The first-order chi connectivity index (χ1) is 19.1. The number of rotatable bonds is 19. The molecule has 0 aliphatic carbocycles. The summed E-state index contributed by atoms with van der Waals surface area (Å²) >= 11 is 1.70. The minimum absolute atomic E-state index is 0.0587. The second-order valence-corrected chi connectivity index (χ2v) is 11.2. The molecule has 3 rings (SSSR count). The van der Waals surface area contributed by atoms with Crippen LogP contribution in [-0.2, 0) is 18.3 Å². The lowest BCUT2D eigenvalue weighted by Crippen LogP contribution is -2.26. The van der Waals surface area contributed by atoms with Crippen molar-refractivity contribution in [2.75, 3.05) is 19.0 Å². The zero-order valence-electron chi connectivity index (χ0n) is 24.2. The number of carbonyl (C=O) groups excluding carboxylic acids is 1. The summed E-state index contributed by atoms with van der Waals surface area (Å²) in [4.78, 5) is 12.7. The molecule has 0 radical (unpaired) electrons. The van der Waals surface area contributed by atoms with Crippen molar-refractivity contribution in [3.05, 3.63) is 59.6 Å². The zero-order valence-corrected chi connectivity index (χ0v) is 25.0. The van der Waals surface area contributed by atoms with Crippen molar-refractivity contribution in [3.63, 3.8) is 0 Å². The third kappa shape index (κ3) is 11.0. The third-order valence-electron chi connectivity index (χ3n) is 7.05. The number of nitrogens with one attached hydrogen (secondary N) is 1. The molecule has 0 fully saturated rings. The van der Waals surface area contributed by atoms with E-state index in [1.54, 1.807) is 18.4 Å². The van der Waals surface area contributed by atoms with Gasteiger partial charge in [-0.1, -0.05) is 95.0 Å². The Bertz CT molecular complexity index is 1110. The molecule has 0 spiro atoms. The van der Waals surface area contributed by atoms with Crippen LogP contribution in [0, 0.1) is 0 Å². The Morgan fingerprint density at radius 3 is 2.08 bits per heavy atom. The molecule has 0 atom stereocenters. The van der Waals surface area contributed by atoms with Gasteiger partial charge in [0.05, 0.1) is 31.1 Å². The van der Waals surface area contributed by atoms with Crippen LogP contribution in [0.25, 0.3) is 10.6 Å². The summed E-state index contributed by atoms with van der Waals surface area (Å²) in [6, 6.07) is 13.7. The van der Waals surface area contributed by atoms with Crippen LogP contribution in [0.4, 0.5) is 5.69 Å². The molecule has 212 valence electrons. The first-order valence-electron chi connectivity index (χ1n) is 14.7. The predicted molar refractivity (Wildman–Crippen MR) is 163 cm³/mol. The number of benzene rings is 2. The van der Waals surface area contributed by atoms with Gasteiger partial charge in [-0.2, -0.15) is 4.57 Å². The van der Waals surface area contributed by atoms with Crippen molar-refractivity contribution < 1.29 is 18.8 Å². The first-order valence-corrected chi connectivity index (χ1v) is 15.6. The number of aryl methyl sites for hydroxylation is 1. The van der Waals surface area contributed by atoms with Gasteiger partial charge >= 0.3 is 0 Å². The number of ether oxygens (including phenoxy) is 2. The van der Waals surface area contributed by atoms with Crippen LogP contribution >= 0.6 is 11.3 Å². The first kappa shape index (κ1) is 30.7. The second kappa shape index (κ2) is 17.7. The van der Waals surface area contributed by atoms with Gasteiger partial charge in [-0.05, 0) is 48.4 Å². The van der Waals surface area contributed by atoms with Gasteiger partial charge in [-0.3, -0.25) is 4.79 Å². The largest absolute Gasteiger partial charge is 0.493 e. The summed E-state index contributed by atoms with van der Waals surface area (Å²) in [6.07, 6.45) is 18.2. The van der Waals surface area contributed by atoms with Crippen molar-refractivity contribution in [3.8, 4) is 22.1 Å². The normalized spacial score (nSPS) is 10.9. The lowest BCUT2D eigenvalue weighted by atomic mass is 10.1. The van der Waals surface area contributed by atoms with Gasteiger partial charge in [0.25, 0.3) is 5.01 Å². The fourth-order valence-corrected chi connectivity index (χ4v) is 5.63. The van der Waals surface area contributed by atoms with E-state index in [4.69, 9.17) is 9.47 Å². The standard InChI is InChI=1S/C33H46N2O3S/c1-4-5-6-7-8-9-10-11-12-13-14-15-23-38-30-21-16-27(25-31(30)37-3)26-32(36)34-29-19-17-28(18-20-29)33-35(2)22-24-39-33/h16-22,24-25H,4-15,23,26H2,1-3H3/p+1. The van der Waals surface area contributed by atoms with Crippen molar-refractivity contribution in [2.45, 2.75) is 90.4 Å². The predicted octanol–water partition coefficient (Wildman–Crippen LogP) is 8.51. The fourth-order valence-electron chi connectivity index (χ4n) is 4.76. The van der Waals surface area contributed by atoms with E-state index in [-0.39, 0.29) is 12.3 Å². The number of hydrogen-bond donors (Lipinski definition) is 1. The van der Waals surface area contributed by atoms with Gasteiger partial charge in [-0.25, -0.2) is 0 Å². The van der Waals surface area contributed by atoms with Crippen LogP contribution in [-0.4, -0.2) is 19.6 Å². The van der Waals surface area contributed by atoms with Crippen LogP contribution in [0.5, 0.6) is 11.5 Å². The number of hydrogen-bond acceptors (Lipinski definition) is 4. The molecule has 0 aliphatic heterocycles. The maximum Gasteiger partial charge on any atom is 0.268 e. The number of anilines is 1. The van der Waals surface area contributed by atoms with E-state index in [2.05, 4.69) is 22.2 Å². The molecule has 3 aromatic rings. The number of unbranched alkanes of at least 4 members (excludes halogenated alkanes) is 11. The molecule has 0 aliphatic rings. The Kier molecular flexibility index (Phi) is 13.9. The Morgan fingerprint density at radius 1 is 0.846 bits per heavy atom. The molecule has 1 heterocycles. The minimum Gasteiger partial charge on any atom is -0.493 e. The molecule has 1 amide bonds. The van der Waals surface area contributed by atoms with Crippen LogP contribution in [0.2, 0.25) is 0 Å². The van der Waals surface area contributed by atoms with E-state index in [1.165, 1.54) is 75.6 Å². The molecular formula is C33H47N2O3S+. The van der Waals surface area contributed by atoms with E-state index >= 15 is 0 Å². The molecule has 0 bridgehead atoms. The minimum atomic E-state index is -0.0587. The quantitative estimate of drug-likeness (QED) is 0.120. The smallest absolute Gasteiger partial charge is 0.268 e. The number of amides is 1. The monoisotopic (exact) mass is 551 g/mol. The summed E-state index contributed by atoms with van der Waals surface area (Å²) in [7, 11) is 3.68. The molecule has 1 aromatic heterocycles. The van der Waals surface area contributed by atoms with Crippen molar-refractivity contribution in [1.82, 2.24) is 0 Å². The average molecular weight is 552 g/mol. The van der Waals surface area contributed by atoms with Crippen molar-refractivity contribution in [1.29, 1.82) is 0 Å². The molecule has 39 heavy (non-hydrogen) atoms. The van der Waals surface area contributed by atoms with Crippen LogP contribution in [0.15, 0.2) is 54.0 Å². The van der Waals surface area contributed by atoms with Crippen molar-refractivity contribution in [2.24, 2.45) is 7.05 Å². The highest BCUT2D eigenvalue weighted by Gasteiger charge is 2.12. The highest BCUT2D eigenvalue weighted by atomic mass is 32.1. The molecule has 5 nitrogen and oxygen atoms in total. The Hall–Kier alpha value is -2.86. The second-order valence-electron chi connectivity index (χ2n) is 10.3. The molecular weight excluding hydrogens is 504 g/mol. The molecule has 0 unspecified atom stereocenters. The SMILES string of the molecule is CCCCCCCCCCCCCCOc1ccc(CC(=O)Nc2ccc(-c3scc[n+]3C)cc2)cc1OC. The number of carbonyl (C=O) groups is 1. The van der Waals surface area contributed by atoms with Gasteiger partial charge in [0.2, 0.25) is 5.91 Å². The summed E-state index contributed by atoms with van der Waals surface area (Å²) in [5, 5.41) is 6.24. The van der Waals surface area contributed by atoms with E-state index < -0.39 is 0 Å². The molecule has 1 N–H and O–H groups in total. The number of methoxy groups -OCH3 is 1. The van der Waals surface area contributed by atoms with Crippen LogP contribution in [0.3, 0.4) is 0 Å². The maximum absolute atomic E-state index is 12.7. The van der Waals surface area contributed by atoms with Gasteiger partial charge in [0.1, 0.15) is 7.05 Å². The fraction of sp³-hybridized carbons (Fsp3) is 0.515. The summed E-state index contributed by atoms with van der Waals surface area (Å²) in [5.41, 5.74) is 2.82. The van der Waals surface area contributed by atoms with Gasteiger partial charge < -0.3 is 14.8 Å². The highest BCUT2D eigenvalue weighted by molar-refractivity contribution is 7.12. The summed E-state index contributed by atoms with van der Waals surface area (Å²) in [5.74, 6) is 1.35. The number of thiazole rings is 1. The maximum atomic E-state index is 12.7. The van der Waals surface area contributed by atoms with Gasteiger partial charge in [0.15, 0.2) is 17.7 Å². The number of aromatic nitrogens is 1. The highest BCUT2D eigenvalue weighted by Crippen LogP contribution is 2.29. The van der Waals surface area contributed by atoms with E-state index in [9.17, 15) is 4.79 Å². The van der Waals surface area contributed by atoms with E-state index in [1.807, 2.05) is 55.7 Å². The average Bonchev–Trinajstić information content (AvgIpc) is 3.37.